The molecule has 2 aliphatic heterocycles. The van der Waals surface area contributed by atoms with Gasteiger partial charge in [0.15, 0.2) is 5.17 Å². The number of amides is 1. The molecule has 0 aliphatic carbocycles. The molecule has 1 aromatic heterocycles. The molecule has 35 heavy (non-hydrogen) atoms. The van der Waals surface area contributed by atoms with Crippen LogP contribution in [-0.2, 0) is 4.79 Å². The number of amidine groups is 1. The number of carbonyl (C=O) groups excluding carboxylic acids is 1. The molecule has 5 rings (SSSR count). The standard InChI is InChI=1S/C28H28N4O2S/c1-2-18-34-24-14-12-21(13-15-24)26-22(20-32(30-26)23-10-6-5-7-11-23)19-25-27(33)29-28(35-25)31-16-8-3-4-9-17-31/h2,5-7,10-15,19-20H,1,3-4,8-9,16-18H2. The highest BCUT2D eigenvalue weighted by molar-refractivity contribution is 8.18. The lowest BCUT2D eigenvalue weighted by Crippen LogP contribution is -2.28. The number of para-hydroxylation sites is 1. The maximum absolute atomic E-state index is 12.8. The summed E-state index contributed by atoms with van der Waals surface area (Å²) < 4.78 is 7.48. The van der Waals surface area contributed by atoms with Crippen LogP contribution in [0.4, 0.5) is 0 Å². The van der Waals surface area contributed by atoms with Gasteiger partial charge in [-0.25, -0.2) is 4.68 Å². The van der Waals surface area contributed by atoms with Gasteiger partial charge >= 0.3 is 0 Å². The SMILES string of the molecule is C=CCOc1ccc(-c2nn(-c3ccccc3)cc2C=C2SC(N3CCCCCC3)=NC2=O)cc1. The first-order chi connectivity index (χ1) is 17.2. The van der Waals surface area contributed by atoms with E-state index in [4.69, 9.17) is 9.84 Å². The van der Waals surface area contributed by atoms with Crippen molar-refractivity contribution in [2.24, 2.45) is 4.99 Å². The fraction of sp³-hybridized carbons (Fsp3) is 0.250. The van der Waals surface area contributed by atoms with Gasteiger partial charge in [-0.15, -0.1) is 0 Å². The Balaban J connectivity index is 1.47. The number of aromatic nitrogens is 2. The lowest BCUT2D eigenvalue weighted by molar-refractivity contribution is -0.113. The predicted molar refractivity (Wildman–Crippen MR) is 143 cm³/mol. The van der Waals surface area contributed by atoms with Gasteiger partial charge in [-0.05, 0) is 67.1 Å². The van der Waals surface area contributed by atoms with Gasteiger partial charge in [-0.1, -0.05) is 43.7 Å². The molecule has 178 valence electrons. The Kier molecular flexibility index (Phi) is 7.14. The molecule has 2 aromatic carbocycles. The average Bonchev–Trinajstić information content (AvgIpc) is 3.36. The van der Waals surface area contributed by atoms with E-state index in [0.29, 0.717) is 11.5 Å². The lowest BCUT2D eigenvalue weighted by atomic mass is 10.1. The molecule has 0 unspecified atom stereocenters. The first-order valence-corrected chi connectivity index (χ1v) is 12.8. The van der Waals surface area contributed by atoms with E-state index >= 15 is 0 Å². The molecule has 1 amide bonds. The van der Waals surface area contributed by atoms with Gasteiger partial charge in [0.05, 0.1) is 16.3 Å². The predicted octanol–water partition coefficient (Wildman–Crippen LogP) is 5.95. The summed E-state index contributed by atoms with van der Waals surface area (Å²) in [5.74, 6) is 0.592. The lowest BCUT2D eigenvalue weighted by Gasteiger charge is -2.20. The van der Waals surface area contributed by atoms with E-state index in [0.717, 1.165) is 59.4 Å². The van der Waals surface area contributed by atoms with Crippen LogP contribution < -0.4 is 4.74 Å². The van der Waals surface area contributed by atoms with E-state index in [-0.39, 0.29) is 5.91 Å². The van der Waals surface area contributed by atoms with E-state index in [2.05, 4.69) is 16.5 Å². The van der Waals surface area contributed by atoms with Crippen LogP contribution in [0.2, 0.25) is 0 Å². The van der Waals surface area contributed by atoms with E-state index in [1.807, 2.05) is 71.6 Å². The number of hydrogen-bond acceptors (Lipinski definition) is 5. The quantitative estimate of drug-likeness (QED) is 0.320. The van der Waals surface area contributed by atoms with Crippen LogP contribution in [-0.4, -0.2) is 45.5 Å². The van der Waals surface area contributed by atoms with Gasteiger partial charge in [0.2, 0.25) is 0 Å². The maximum atomic E-state index is 12.8. The minimum absolute atomic E-state index is 0.180. The molecule has 2 aliphatic rings. The highest BCUT2D eigenvalue weighted by atomic mass is 32.2. The first-order valence-electron chi connectivity index (χ1n) is 12.0. The molecule has 7 heteroatoms. The number of aliphatic imine (C=N–C) groups is 1. The van der Waals surface area contributed by atoms with Crippen molar-refractivity contribution in [2.45, 2.75) is 25.7 Å². The fourth-order valence-corrected chi connectivity index (χ4v) is 5.19. The number of benzene rings is 2. The molecule has 0 radical (unpaired) electrons. The number of hydrogen-bond donors (Lipinski definition) is 0. The molecule has 6 nitrogen and oxygen atoms in total. The van der Waals surface area contributed by atoms with Gasteiger partial charge in [0.25, 0.3) is 5.91 Å². The molecular formula is C28H28N4O2S. The normalized spacial score (nSPS) is 17.4. The number of nitrogens with zero attached hydrogens (tertiary/aromatic N) is 4. The van der Waals surface area contributed by atoms with Crippen molar-refractivity contribution in [3.05, 3.63) is 83.9 Å². The number of likely N-dealkylation sites (tertiary alicyclic amines) is 1. The van der Waals surface area contributed by atoms with Gasteiger partial charge in [0, 0.05) is 30.4 Å². The van der Waals surface area contributed by atoms with Crippen molar-refractivity contribution in [1.82, 2.24) is 14.7 Å². The van der Waals surface area contributed by atoms with Crippen LogP contribution >= 0.6 is 11.8 Å². The molecule has 1 fully saturated rings. The summed E-state index contributed by atoms with van der Waals surface area (Å²) in [6, 6.07) is 17.8. The van der Waals surface area contributed by atoms with Crippen LogP contribution in [0.5, 0.6) is 5.75 Å². The zero-order valence-electron chi connectivity index (χ0n) is 19.6. The van der Waals surface area contributed by atoms with Gasteiger partial charge in [-0.2, -0.15) is 10.1 Å². The third-order valence-corrected chi connectivity index (χ3v) is 7.08. The van der Waals surface area contributed by atoms with Crippen molar-refractivity contribution in [3.63, 3.8) is 0 Å². The summed E-state index contributed by atoms with van der Waals surface area (Å²) >= 11 is 1.47. The van der Waals surface area contributed by atoms with Crippen molar-refractivity contribution in [2.75, 3.05) is 19.7 Å². The largest absolute Gasteiger partial charge is 0.490 e. The fourth-order valence-electron chi connectivity index (χ4n) is 4.23. The molecule has 0 N–H and O–H groups in total. The monoisotopic (exact) mass is 484 g/mol. The van der Waals surface area contributed by atoms with Crippen molar-refractivity contribution in [3.8, 4) is 22.7 Å². The summed E-state index contributed by atoms with van der Waals surface area (Å²) in [5, 5.41) is 5.70. The molecule has 3 aromatic rings. The Hall–Kier alpha value is -3.58. The minimum atomic E-state index is -0.180. The zero-order valence-corrected chi connectivity index (χ0v) is 20.4. The van der Waals surface area contributed by atoms with Crippen LogP contribution in [0.1, 0.15) is 31.2 Å². The Morgan fingerprint density at radius 3 is 2.46 bits per heavy atom. The highest BCUT2D eigenvalue weighted by Gasteiger charge is 2.27. The van der Waals surface area contributed by atoms with Gasteiger partial charge in [0.1, 0.15) is 12.4 Å². The van der Waals surface area contributed by atoms with Crippen molar-refractivity contribution in [1.29, 1.82) is 0 Å². The Morgan fingerprint density at radius 1 is 1.00 bits per heavy atom. The summed E-state index contributed by atoms with van der Waals surface area (Å²) in [5.41, 5.74) is 3.57. The second-order valence-electron chi connectivity index (χ2n) is 8.55. The molecule has 0 bridgehead atoms. The Labute approximate surface area is 210 Å². The maximum Gasteiger partial charge on any atom is 0.286 e. The van der Waals surface area contributed by atoms with Gasteiger partial charge in [-0.3, -0.25) is 4.79 Å². The average molecular weight is 485 g/mol. The molecule has 0 saturated carbocycles. The smallest absolute Gasteiger partial charge is 0.286 e. The Bertz CT molecular complexity index is 1250. The topological polar surface area (TPSA) is 59.7 Å². The van der Waals surface area contributed by atoms with E-state index < -0.39 is 0 Å². The molecular weight excluding hydrogens is 456 g/mol. The summed E-state index contributed by atoms with van der Waals surface area (Å²) in [6.07, 6.45) is 10.4. The number of ether oxygens (including phenoxy) is 1. The van der Waals surface area contributed by atoms with Crippen molar-refractivity contribution >= 4 is 28.9 Å². The van der Waals surface area contributed by atoms with E-state index in [1.54, 1.807) is 6.08 Å². The summed E-state index contributed by atoms with van der Waals surface area (Å²) in [6.45, 7) is 6.07. The third-order valence-electron chi connectivity index (χ3n) is 6.03. The number of thioether (sulfide) groups is 1. The van der Waals surface area contributed by atoms with Crippen LogP contribution in [0, 0.1) is 0 Å². The number of rotatable bonds is 6. The minimum Gasteiger partial charge on any atom is -0.490 e. The van der Waals surface area contributed by atoms with Crippen LogP contribution in [0.3, 0.4) is 0 Å². The molecule has 0 spiro atoms. The second-order valence-corrected chi connectivity index (χ2v) is 9.56. The zero-order chi connectivity index (χ0) is 24.0. The van der Waals surface area contributed by atoms with E-state index in [1.165, 1.54) is 24.6 Å². The Morgan fingerprint density at radius 2 is 1.74 bits per heavy atom. The summed E-state index contributed by atoms with van der Waals surface area (Å²) in [4.78, 5) is 20.1. The second kappa shape index (κ2) is 10.8. The third kappa shape index (κ3) is 5.41. The van der Waals surface area contributed by atoms with Crippen molar-refractivity contribution < 1.29 is 9.53 Å². The molecule has 0 atom stereocenters. The highest BCUT2D eigenvalue weighted by Crippen LogP contribution is 2.34. The van der Waals surface area contributed by atoms with Gasteiger partial charge < -0.3 is 9.64 Å². The summed E-state index contributed by atoms with van der Waals surface area (Å²) in [7, 11) is 0. The van der Waals surface area contributed by atoms with Crippen LogP contribution in [0.15, 0.2) is 83.3 Å². The molecule has 3 heterocycles. The first kappa shape index (κ1) is 23.2. The van der Waals surface area contributed by atoms with Crippen LogP contribution in [0.25, 0.3) is 23.0 Å². The van der Waals surface area contributed by atoms with E-state index in [9.17, 15) is 4.79 Å². The molecule has 1 saturated heterocycles. The number of carbonyl (C=O) groups is 1.